The third-order valence-electron chi connectivity index (χ3n) is 5.20. The fourth-order valence-corrected chi connectivity index (χ4v) is 3.04. The first-order valence-corrected chi connectivity index (χ1v) is 12.3. The number of hydrogen-bond acceptors (Lipinski definition) is 2. The minimum atomic E-state index is -1.80. The smallest absolute Gasteiger partial charge is 0.327 e. The van der Waals surface area contributed by atoms with Crippen molar-refractivity contribution in [3.63, 3.8) is 0 Å². The van der Waals surface area contributed by atoms with Gasteiger partial charge in [-0.05, 0) is 28.1 Å². The summed E-state index contributed by atoms with van der Waals surface area (Å²) in [7, 11) is -1.80. The van der Waals surface area contributed by atoms with Crippen molar-refractivity contribution in [2.45, 2.75) is 77.6 Å². The number of carboxylic acid groups (broad SMARTS) is 1. The third kappa shape index (κ3) is 6.55. The average molecular weight is 388 g/mol. The second-order valence-corrected chi connectivity index (χ2v) is 14.6. The van der Waals surface area contributed by atoms with E-state index in [1.54, 1.807) is 12.1 Å². The summed E-state index contributed by atoms with van der Waals surface area (Å²) in [5.41, 5.74) is 4.86. The molecule has 0 spiro atoms. The Bertz CT molecular complexity index is 741. The first-order valence-electron chi connectivity index (χ1n) is 9.29. The van der Waals surface area contributed by atoms with Gasteiger partial charge in [0.1, 0.15) is 14.1 Å². The molecule has 2 N–H and O–H groups in total. The van der Waals surface area contributed by atoms with E-state index in [0.717, 1.165) is 5.56 Å². The fraction of sp³-hybridized carbons (Fsp3) is 0.545. The summed E-state index contributed by atoms with van der Waals surface area (Å²) < 4.78 is 0. The van der Waals surface area contributed by atoms with Crippen molar-refractivity contribution in [1.82, 2.24) is 5.32 Å². The van der Waals surface area contributed by atoms with Crippen LogP contribution in [0.15, 0.2) is 24.3 Å². The quantitative estimate of drug-likeness (QED) is 0.586. The summed E-state index contributed by atoms with van der Waals surface area (Å²) in [6.07, 6.45) is 0.105. The van der Waals surface area contributed by atoms with Gasteiger partial charge in [-0.1, -0.05) is 66.8 Å². The largest absolute Gasteiger partial charge is 0.480 e. The van der Waals surface area contributed by atoms with Crippen LogP contribution < -0.4 is 5.32 Å². The van der Waals surface area contributed by atoms with Crippen molar-refractivity contribution in [2.75, 3.05) is 0 Å². The molecule has 1 amide bonds. The third-order valence-corrected chi connectivity index (χ3v) is 9.75. The van der Waals surface area contributed by atoms with Crippen LogP contribution in [-0.2, 0) is 10.2 Å². The highest BCUT2D eigenvalue weighted by molar-refractivity contribution is 6.87. The minimum absolute atomic E-state index is 0.00204. The molecular weight excluding hydrogens is 354 g/mol. The summed E-state index contributed by atoms with van der Waals surface area (Å²) in [5, 5.41) is 12.1. The molecule has 0 saturated carbocycles. The predicted molar refractivity (Wildman–Crippen MR) is 114 cm³/mol. The highest BCUT2D eigenvalue weighted by Gasteiger charge is 2.33. The Kier molecular flexibility index (Phi) is 7.07. The number of hydrogen-bond donors (Lipinski definition) is 2. The zero-order chi connectivity index (χ0) is 21.0. The Morgan fingerprint density at radius 2 is 1.59 bits per heavy atom. The number of rotatable bonds is 4. The molecule has 4 nitrogen and oxygen atoms in total. The van der Waals surface area contributed by atoms with Crippen LogP contribution in [0.25, 0.3) is 0 Å². The van der Waals surface area contributed by atoms with E-state index in [-0.39, 0.29) is 16.9 Å². The standard InChI is InChI=1S/C22H33NO3Si/c1-21(2,3)17-13-11-16(12-14-17)19(24)23-18(20(25)26)10-9-15-27(7,8)22(4,5)6/h11-14,18H,10H2,1-8H3,(H,23,24)(H,25,26)/t18-/m1/s1. The average Bonchev–Trinajstić information content (AvgIpc) is 2.51. The van der Waals surface area contributed by atoms with Crippen molar-refractivity contribution in [1.29, 1.82) is 0 Å². The monoisotopic (exact) mass is 387 g/mol. The SMILES string of the molecule is CC(C)(C)c1ccc(C(=O)N[C@H](CC#C[Si](C)(C)C(C)(C)C)C(=O)O)cc1. The van der Waals surface area contributed by atoms with Crippen LogP contribution >= 0.6 is 0 Å². The van der Waals surface area contributed by atoms with Crippen molar-refractivity contribution < 1.29 is 14.7 Å². The fourth-order valence-electron chi connectivity index (χ4n) is 2.12. The van der Waals surface area contributed by atoms with Gasteiger partial charge in [-0.2, -0.15) is 0 Å². The van der Waals surface area contributed by atoms with E-state index in [0.29, 0.717) is 5.56 Å². The summed E-state index contributed by atoms with van der Waals surface area (Å²) in [5.74, 6) is 1.55. The van der Waals surface area contributed by atoms with Crippen LogP contribution in [0.3, 0.4) is 0 Å². The molecule has 0 aliphatic rings. The number of amides is 1. The molecule has 0 aromatic heterocycles. The summed E-state index contributed by atoms with van der Waals surface area (Å²) in [6.45, 7) is 17.1. The lowest BCUT2D eigenvalue weighted by Crippen LogP contribution is -2.41. The Hall–Kier alpha value is -2.06. The van der Waals surface area contributed by atoms with Crippen LogP contribution in [0.1, 0.15) is 63.9 Å². The molecule has 1 aromatic carbocycles. The molecule has 0 radical (unpaired) electrons. The zero-order valence-corrected chi connectivity index (χ0v) is 18.9. The van der Waals surface area contributed by atoms with Gasteiger partial charge in [0, 0.05) is 12.0 Å². The summed E-state index contributed by atoms with van der Waals surface area (Å²) in [4.78, 5) is 24.0. The van der Waals surface area contributed by atoms with Gasteiger partial charge in [-0.3, -0.25) is 4.79 Å². The minimum Gasteiger partial charge on any atom is -0.480 e. The molecule has 0 fully saturated rings. The molecule has 0 aliphatic heterocycles. The molecule has 1 aromatic rings. The maximum atomic E-state index is 12.4. The molecule has 27 heavy (non-hydrogen) atoms. The highest BCUT2D eigenvalue weighted by Crippen LogP contribution is 2.35. The maximum Gasteiger partial charge on any atom is 0.327 e. The molecule has 0 unspecified atom stereocenters. The van der Waals surface area contributed by atoms with Gasteiger partial charge < -0.3 is 10.4 Å². The number of carboxylic acids is 1. The number of carbonyl (C=O) groups is 2. The van der Waals surface area contributed by atoms with E-state index in [4.69, 9.17) is 0 Å². The molecule has 0 saturated heterocycles. The Morgan fingerprint density at radius 3 is 2.00 bits per heavy atom. The topological polar surface area (TPSA) is 66.4 Å². The Morgan fingerprint density at radius 1 is 1.07 bits per heavy atom. The number of aliphatic carboxylic acids is 1. The Balaban J connectivity index is 2.87. The van der Waals surface area contributed by atoms with Crippen LogP contribution in [0.2, 0.25) is 18.1 Å². The van der Waals surface area contributed by atoms with Gasteiger partial charge in [-0.15, -0.1) is 11.5 Å². The van der Waals surface area contributed by atoms with Gasteiger partial charge in [-0.25, -0.2) is 4.79 Å². The van der Waals surface area contributed by atoms with Crippen LogP contribution in [0.5, 0.6) is 0 Å². The van der Waals surface area contributed by atoms with E-state index in [1.165, 1.54) is 0 Å². The Labute approximate surface area is 164 Å². The van der Waals surface area contributed by atoms with Crippen molar-refractivity contribution in [3.05, 3.63) is 35.4 Å². The van der Waals surface area contributed by atoms with Crippen molar-refractivity contribution in [3.8, 4) is 11.5 Å². The number of nitrogens with one attached hydrogen (secondary N) is 1. The molecule has 148 valence electrons. The molecule has 1 atom stereocenters. The van der Waals surface area contributed by atoms with Gasteiger partial charge in [0.25, 0.3) is 5.91 Å². The van der Waals surface area contributed by atoms with Gasteiger partial charge in [0.2, 0.25) is 0 Å². The second-order valence-electron chi connectivity index (χ2n) is 9.57. The molecule has 1 rings (SSSR count). The van der Waals surface area contributed by atoms with E-state index in [2.05, 4.69) is 71.4 Å². The van der Waals surface area contributed by atoms with Gasteiger partial charge in [0.05, 0.1) is 0 Å². The van der Waals surface area contributed by atoms with E-state index >= 15 is 0 Å². The molecular formula is C22H33NO3Si. The van der Waals surface area contributed by atoms with E-state index in [9.17, 15) is 14.7 Å². The number of benzene rings is 1. The van der Waals surface area contributed by atoms with Crippen molar-refractivity contribution >= 4 is 20.0 Å². The molecule has 0 heterocycles. The highest BCUT2D eigenvalue weighted by atomic mass is 28.3. The van der Waals surface area contributed by atoms with Gasteiger partial charge >= 0.3 is 5.97 Å². The maximum absolute atomic E-state index is 12.4. The molecule has 0 aliphatic carbocycles. The van der Waals surface area contributed by atoms with E-state index in [1.807, 2.05) is 12.1 Å². The lowest BCUT2D eigenvalue weighted by atomic mass is 9.86. The summed E-state index contributed by atoms with van der Waals surface area (Å²) in [6, 6.07) is 6.26. The lowest BCUT2D eigenvalue weighted by Gasteiger charge is -2.31. The summed E-state index contributed by atoms with van der Waals surface area (Å²) >= 11 is 0. The normalized spacial score (nSPS) is 13.3. The molecule has 0 bridgehead atoms. The van der Waals surface area contributed by atoms with Crippen molar-refractivity contribution in [2.24, 2.45) is 0 Å². The molecule has 5 heteroatoms. The number of carbonyl (C=O) groups excluding carboxylic acids is 1. The second kappa shape index (κ2) is 8.31. The van der Waals surface area contributed by atoms with Crippen LogP contribution in [0.4, 0.5) is 0 Å². The first kappa shape index (κ1) is 23.0. The van der Waals surface area contributed by atoms with Gasteiger partial charge in [0.15, 0.2) is 0 Å². The van der Waals surface area contributed by atoms with Crippen LogP contribution in [0, 0.1) is 11.5 Å². The van der Waals surface area contributed by atoms with E-state index < -0.39 is 26.0 Å². The van der Waals surface area contributed by atoms with Crippen LogP contribution in [-0.4, -0.2) is 31.1 Å². The first-order chi connectivity index (χ1) is 12.1. The zero-order valence-electron chi connectivity index (χ0n) is 17.9. The predicted octanol–water partition coefficient (Wildman–Crippen LogP) is 4.61. The lowest BCUT2D eigenvalue weighted by molar-refractivity contribution is -0.139.